The number of ether oxygens (including phenoxy) is 3. The van der Waals surface area contributed by atoms with Gasteiger partial charge in [-0.25, -0.2) is 9.97 Å². The summed E-state index contributed by atoms with van der Waals surface area (Å²) in [6, 6.07) is 5.57. The van der Waals surface area contributed by atoms with Crippen LogP contribution in [0.3, 0.4) is 0 Å². The van der Waals surface area contributed by atoms with Gasteiger partial charge in [0.05, 0.1) is 27.0 Å². The monoisotopic (exact) mass is 472 g/mol. The van der Waals surface area contributed by atoms with Crippen LogP contribution in [-0.2, 0) is 0 Å². The maximum atomic E-state index is 5.49. The highest BCUT2D eigenvalue weighted by atomic mass is 32.2. The number of thioether (sulfide) groups is 1. The van der Waals surface area contributed by atoms with Crippen LogP contribution in [0, 0.1) is 0 Å². The number of nitrogens with zero attached hydrogens (tertiary/aromatic N) is 7. The zero-order valence-electron chi connectivity index (χ0n) is 20.0. The van der Waals surface area contributed by atoms with Crippen molar-refractivity contribution in [2.75, 3.05) is 70.9 Å². The Bertz CT molecular complexity index is 1080. The molecular weight excluding hydrogens is 444 g/mol. The summed E-state index contributed by atoms with van der Waals surface area (Å²) in [6.07, 6.45) is 1.95. The van der Waals surface area contributed by atoms with E-state index in [1.165, 1.54) is 11.8 Å². The third-order valence-electron chi connectivity index (χ3n) is 4.51. The molecule has 0 unspecified atom stereocenters. The molecule has 1 N–H and O–H groups in total. The molecule has 12 heteroatoms. The van der Waals surface area contributed by atoms with Crippen LogP contribution >= 0.6 is 11.8 Å². The van der Waals surface area contributed by atoms with Gasteiger partial charge >= 0.3 is 0 Å². The third kappa shape index (κ3) is 5.45. The topological polar surface area (TPSA) is 111 Å². The molecule has 0 aliphatic heterocycles. The minimum Gasteiger partial charge on any atom is -0.493 e. The molecule has 0 saturated heterocycles. The highest BCUT2D eigenvalue weighted by Gasteiger charge is 2.17. The van der Waals surface area contributed by atoms with E-state index in [-0.39, 0.29) is 0 Å². The Kier molecular flexibility index (Phi) is 7.59. The average Bonchev–Trinajstić information content (AvgIpc) is 2.82. The highest BCUT2D eigenvalue weighted by molar-refractivity contribution is 7.98. The molecule has 0 amide bonds. The van der Waals surface area contributed by atoms with Gasteiger partial charge in [0.2, 0.25) is 29.5 Å². The Balaban J connectivity index is 2.08. The molecule has 176 valence electrons. The summed E-state index contributed by atoms with van der Waals surface area (Å²) < 4.78 is 16.4. The summed E-state index contributed by atoms with van der Waals surface area (Å²) in [4.78, 5) is 26.2. The smallest absolute Gasteiger partial charge is 0.236 e. The second kappa shape index (κ2) is 10.4. The van der Waals surface area contributed by atoms with Crippen molar-refractivity contribution in [1.29, 1.82) is 0 Å². The lowest BCUT2D eigenvalue weighted by atomic mass is 10.1. The van der Waals surface area contributed by atoms with E-state index in [9.17, 15) is 0 Å². The summed E-state index contributed by atoms with van der Waals surface area (Å²) >= 11 is 1.50. The van der Waals surface area contributed by atoms with Crippen LogP contribution in [0.1, 0.15) is 0 Å². The molecule has 0 atom stereocenters. The Morgan fingerprint density at radius 2 is 1.27 bits per heavy atom. The van der Waals surface area contributed by atoms with Crippen LogP contribution in [0.25, 0.3) is 11.3 Å². The molecule has 3 aromatic rings. The Morgan fingerprint density at radius 1 is 0.727 bits per heavy atom. The molecule has 0 fully saturated rings. The third-order valence-corrected chi connectivity index (χ3v) is 5.14. The lowest BCUT2D eigenvalue weighted by Gasteiger charge is -2.17. The molecule has 0 saturated carbocycles. The van der Waals surface area contributed by atoms with E-state index < -0.39 is 0 Å². The molecule has 0 bridgehead atoms. The first kappa shape index (κ1) is 24.1. The van der Waals surface area contributed by atoms with Gasteiger partial charge in [0.25, 0.3) is 0 Å². The van der Waals surface area contributed by atoms with Crippen LogP contribution in [0.15, 0.2) is 23.2 Å². The molecule has 2 aromatic heterocycles. The van der Waals surface area contributed by atoms with E-state index >= 15 is 0 Å². The van der Waals surface area contributed by atoms with Gasteiger partial charge in [-0.3, -0.25) is 5.32 Å². The SMILES string of the molecule is COc1cc(-c2cc(SC)nc(Nc3nc(N(C)C)nc(N(C)C)n3)n2)cc(OC)c1OC. The van der Waals surface area contributed by atoms with Gasteiger partial charge in [-0.15, -0.1) is 11.8 Å². The first-order valence-electron chi connectivity index (χ1n) is 9.90. The van der Waals surface area contributed by atoms with Gasteiger partial charge in [-0.05, 0) is 24.5 Å². The molecule has 33 heavy (non-hydrogen) atoms. The molecule has 0 spiro atoms. The Morgan fingerprint density at radius 3 is 1.73 bits per heavy atom. The quantitative estimate of drug-likeness (QED) is 0.365. The number of rotatable bonds is 9. The lowest BCUT2D eigenvalue weighted by Crippen LogP contribution is -2.19. The van der Waals surface area contributed by atoms with Gasteiger partial charge in [-0.1, -0.05) is 0 Å². The van der Waals surface area contributed by atoms with Gasteiger partial charge in [-0.2, -0.15) is 15.0 Å². The normalized spacial score (nSPS) is 10.5. The molecule has 11 nitrogen and oxygen atoms in total. The highest BCUT2D eigenvalue weighted by Crippen LogP contribution is 2.41. The molecular formula is C21H28N8O3S. The summed E-state index contributed by atoms with van der Waals surface area (Å²) in [7, 11) is 12.2. The number of hydrogen-bond acceptors (Lipinski definition) is 12. The molecule has 0 aliphatic carbocycles. The maximum absolute atomic E-state index is 5.49. The summed E-state index contributed by atoms with van der Waals surface area (Å²) in [5.41, 5.74) is 1.45. The molecule has 1 aromatic carbocycles. The van der Waals surface area contributed by atoms with Crippen molar-refractivity contribution in [3.63, 3.8) is 0 Å². The predicted octanol–water partition coefficient (Wildman–Crippen LogP) is 2.95. The van der Waals surface area contributed by atoms with E-state index in [1.54, 1.807) is 31.1 Å². The van der Waals surface area contributed by atoms with Crippen molar-refractivity contribution in [2.45, 2.75) is 5.03 Å². The summed E-state index contributed by atoms with van der Waals surface area (Å²) in [5, 5.41) is 3.89. The fourth-order valence-electron chi connectivity index (χ4n) is 2.87. The number of benzene rings is 1. The van der Waals surface area contributed by atoms with E-state index in [0.717, 1.165) is 10.6 Å². The molecule has 0 aliphatic rings. The molecule has 3 rings (SSSR count). The first-order valence-corrected chi connectivity index (χ1v) is 11.1. The fourth-order valence-corrected chi connectivity index (χ4v) is 3.28. The number of aromatic nitrogens is 5. The van der Waals surface area contributed by atoms with Crippen molar-refractivity contribution in [2.24, 2.45) is 0 Å². The zero-order valence-corrected chi connectivity index (χ0v) is 20.8. The van der Waals surface area contributed by atoms with Crippen LogP contribution in [0.4, 0.5) is 23.8 Å². The predicted molar refractivity (Wildman–Crippen MR) is 131 cm³/mol. The first-order chi connectivity index (χ1) is 15.8. The number of methoxy groups -OCH3 is 3. The minimum absolute atomic E-state index is 0.339. The van der Waals surface area contributed by atoms with Gasteiger partial charge in [0.15, 0.2) is 11.5 Å². The number of hydrogen-bond donors (Lipinski definition) is 1. The van der Waals surface area contributed by atoms with Crippen molar-refractivity contribution < 1.29 is 14.2 Å². The zero-order chi connectivity index (χ0) is 24.1. The largest absolute Gasteiger partial charge is 0.493 e. The van der Waals surface area contributed by atoms with E-state index in [1.807, 2.05) is 52.6 Å². The van der Waals surface area contributed by atoms with Gasteiger partial charge in [0, 0.05) is 33.8 Å². The minimum atomic E-state index is 0.339. The van der Waals surface area contributed by atoms with Gasteiger partial charge in [0.1, 0.15) is 5.03 Å². The van der Waals surface area contributed by atoms with E-state index in [2.05, 4.69) is 30.2 Å². The van der Waals surface area contributed by atoms with Crippen LogP contribution in [-0.4, -0.2) is 80.7 Å². The van der Waals surface area contributed by atoms with E-state index in [0.29, 0.717) is 46.7 Å². The Hall–Kier alpha value is -3.54. The molecule has 0 radical (unpaired) electrons. The second-order valence-corrected chi connectivity index (χ2v) is 8.03. The van der Waals surface area contributed by atoms with Gasteiger partial charge < -0.3 is 24.0 Å². The van der Waals surface area contributed by atoms with Crippen molar-refractivity contribution in [3.05, 3.63) is 18.2 Å². The second-order valence-electron chi connectivity index (χ2n) is 7.21. The summed E-state index contributed by atoms with van der Waals surface area (Å²) in [6.45, 7) is 0. The van der Waals surface area contributed by atoms with Crippen molar-refractivity contribution >= 4 is 35.6 Å². The van der Waals surface area contributed by atoms with Crippen LogP contribution in [0.2, 0.25) is 0 Å². The summed E-state index contributed by atoms with van der Waals surface area (Å²) in [5.74, 6) is 3.31. The van der Waals surface area contributed by atoms with E-state index in [4.69, 9.17) is 14.2 Å². The number of anilines is 4. The standard InChI is InChI=1S/C21H28N8O3S/c1-28(2)20-25-19(26-21(27-20)29(3)4)24-18-22-13(11-16(23-18)33-8)12-9-14(30-5)17(32-7)15(10-12)31-6/h9-11H,1-8H3,(H,22,23,24,25,26,27). The average molecular weight is 473 g/mol. The van der Waals surface area contributed by atoms with Crippen molar-refractivity contribution in [1.82, 2.24) is 24.9 Å². The van der Waals surface area contributed by atoms with Crippen molar-refractivity contribution in [3.8, 4) is 28.5 Å². The molecule has 2 heterocycles. The van der Waals surface area contributed by atoms with Crippen LogP contribution < -0.4 is 29.3 Å². The van der Waals surface area contributed by atoms with Crippen LogP contribution in [0.5, 0.6) is 17.2 Å². The fraction of sp³-hybridized carbons (Fsp3) is 0.381. The Labute approximate surface area is 197 Å². The lowest BCUT2D eigenvalue weighted by molar-refractivity contribution is 0.324. The maximum Gasteiger partial charge on any atom is 0.236 e. The number of nitrogens with one attached hydrogen (secondary N) is 1.